The summed E-state index contributed by atoms with van der Waals surface area (Å²) in [4.78, 5) is 4.00. The number of hydrogen-bond acceptors (Lipinski definition) is 1. The Morgan fingerprint density at radius 3 is 2.29 bits per heavy atom. The molecule has 92 valence electrons. The van der Waals surface area contributed by atoms with Gasteiger partial charge in [0.05, 0.1) is 11.1 Å². The molecule has 0 amide bonds. The number of rotatable bonds is 0. The normalized spacial score (nSPS) is 10.9. The first kappa shape index (κ1) is 13.5. The molecule has 2 aromatic rings. The van der Waals surface area contributed by atoms with Crippen molar-refractivity contribution in [3.05, 3.63) is 41.6 Å². The van der Waals surface area contributed by atoms with Crippen LogP contribution < -0.4 is 0 Å². The maximum atomic E-state index is 12.4. The average molecular weight is 241 g/mol. The van der Waals surface area contributed by atoms with Crippen molar-refractivity contribution in [3.63, 3.8) is 0 Å². The van der Waals surface area contributed by atoms with Crippen LogP contribution >= 0.6 is 0 Å². The smallest absolute Gasteiger partial charge is 0.256 e. The fourth-order valence-corrected chi connectivity index (χ4v) is 1.46. The molecule has 1 nitrogen and oxygen atoms in total. The highest BCUT2D eigenvalue weighted by Gasteiger charge is 2.30. The number of fused-ring (bicyclic) bond motifs is 1. The maximum Gasteiger partial charge on any atom is 0.416 e. The number of hydrogen-bond donors (Lipinski definition) is 0. The number of aryl methyl sites for hydroxylation is 1. The molecule has 2 rings (SSSR count). The van der Waals surface area contributed by atoms with Gasteiger partial charge in [-0.1, -0.05) is 13.8 Å². The van der Waals surface area contributed by atoms with Crippen molar-refractivity contribution in [1.29, 1.82) is 0 Å². The monoisotopic (exact) mass is 241 g/mol. The molecule has 0 unspecified atom stereocenters. The summed E-state index contributed by atoms with van der Waals surface area (Å²) in [6.07, 6.45) is -2.71. The van der Waals surface area contributed by atoms with Crippen LogP contribution in [-0.2, 0) is 6.18 Å². The van der Waals surface area contributed by atoms with E-state index >= 15 is 0 Å². The van der Waals surface area contributed by atoms with Gasteiger partial charge in [-0.15, -0.1) is 0 Å². The molecule has 0 aliphatic carbocycles. The van der Waals surface area contributed by atoms with E-state index in [2.05, 4.69) is 4.98 Å². The molecule has 0 atom stereocenters. The SMILES string of the molecule is CC.Cc1ccnc2ccc(C(F)(F)F)cc12. The Bertz CT molecular complexity index is 503. The van der Waals surface area contributed by atoms with Crippen LogP contribution in [-0.4, -0.2) is 4.98 Å². The summed E-state index contributed by atoms with van der Waals surface area (Å²) in [6, 6.07) is 5.28. The fraction of sp³-hybridized carbons (Fsp3) is 0.308. The van der Waals surface area contributed by atoms with Crippen molar-refractivity contribution in [1.82, 2.24) is 4.98 Å². The van der Waals surface area contributed by atoms with Gasteiger partial charge in [0.25, 0.3) is 0 Å². The molecule has 0 fully saturated rings. The lowest BCUT2D eigenvalue weighted by Crippen LogP contribution is -2.04. The highest BCUT2D eigenvalue weighted by molar-refractivity contribution is 5.82. The summed E-state index contributed by atoms with van der Waals surface area (Å²) in [6.45, 7) is 5.77. The first-order valence-electron chi connectivity index (χ1n) is 5.41. The van der Waals surface area contributed by atoms with E-state index in [-0.39, 0.29) is 0 Å². The van der Waals surface area contributed by atoms with E-state index in [0.717, 1.165) is 17.7 Å². The molecule has 0 saturated heterocycles. The summed E-state index contributed by atoms with van der Waals surface area (Å²) in [5, 5.41) is 0.548. The number of pyridine rings is 1. The molecule has 0 spiro atoms. The Kier molecular flexibility index (Phi) is 4.10. The minimum atomic E-state index is -4.30. The van der Waals surface area contributed by atoms with E-state index in [1.165, 1.54) is 6.07 Å². The van der Waals surface area contributed by atoms with Crippen LogP contribution in [0.2, 0.25) is 0 Å². The number of alkyl halides is 3. The van der Waals surface area contributed by atoms with Gasteiger partial charge in [0.15, 0.2) is 0 Å². The summed E-state index contributed by atoms with van der Waals surface area (Å²) >= 11 is 0. The van der Waals surface area contributed by atoms with Crippen LogP contribution in [0.4, 0.5) is 13.2 Å². The maximum absolute atomic E-state index is 12.4. The second kappa shape index (κ2) is 5.17. The molecule has 17 heavy (non-hydrogen) atoms. The molecule has 0 radical (unpaired) electrons. The molecule has 0 aliphatic rings. The van der Waals surface area contributed by atoms with Crippen molar-refractivity contribution >= 4 is 10.9 Å². The fourth-order valence-electron chi connectivity index (χ4n) is 1.46. The Labute approximate surface area is 98.3 Å². The van der Waals surface area contributed by atoms with Gasteiger partial charge in [-0.25, -0.2) is 0 Å². The van der Waals surface area contributed by atoms with E-state index < -0.39 is 11.7 Å². The van der Waals surface area contributed by atoms with Gasteiger partial charge in [-0.05, 0) is 36.8 Å². The third kappa shape index (κ3) is 2.96. The lowest BCUT2D eigenvalue weighted by Gasteiger charge is -2.08. The van der Waals surface area contributed by atoms with E-state index in [4.69, 9.17) is 0 Å². The second-order valence-corrected chi connectivity index (χ2v) is 3.36. The molecule has 0 bridgehead atoms. The molecule has 0 saturated carbocycles. The van der Waals surface area contributed by atoms with Crippen LogP contribution in [0.15, 0.2) is 30.5 Å². The number of aromatic nitrogens is 1. The van der Waals surface area contributed by atoms with Gasteiger partial charge >= 0.3 is 6.18 Å². The quantitative estimate of drug-likeness (QED) is 0.657. The number of halogens is 3. The minimum Gasteiger partial charge on any atom is -0.256 e. The van der Waals surface area contributed by atoms with Crippen LogP contribution in [0.25, 0.3) is 10.9 Å². The second-order valence-electron chi connectivity index (χ2n) is 3.36. The highest BCUT2D eigenvalue weighted by atomic mass is 19.4. The zero-order valence-corrected chi connectivity index (χ0v) is 9.97. The van der Waals surface area contributed by atoms with Gasteiger partial charge in [-0.3, -0.25) is 4.98 Å². The summed E-state index contributed by atoms with van der Waals surface area (Å²) in [7, 11) is 0. The van der Waals surface area contributed by atoms with Crippen LogP contribution in [0.5, 0.6) is 0 Å². The van der Waals surface area contributed by atoms with Gasteiger partial charge in [0.2, 0.25) is 0 Å². The Morgan fingerprint density at radius 1 is 1.06 bits per heavy atom. The van der Waals surface area contributed by atoms with E-state index in [1.807, 2.05) is 13.8 Å². The molecule has 0 N–H and O–H groups in total. The van der Waals surface area contributed by atoms with Gasteiger partial charge < -0.3 is 0 Å². The van der Waals surface area contributed by atoms with Crippen LogP contribution in [0, 0.1) is 6.92 Å². The highest BCUT2D eigenvalue weighted by Crippen LogP contribution is 2.31. The Hall–Kier alpha value is -1.58. The predicted molar refractivity (Wildman–Crippen MR) is 62.8 cm³/mol. The molecule has 1 aromatic heterocycles. The van der Waals surface area contributed by atoms with Gasteiger partial charge in [0, 0.05) is 11.6 Å². The number of benzene rings is 1. The average Bonchev–Trinajstić information content (AvgIpc) is 2.30. The lowest BCUT2D eigenvalue weighted by atomic mass is 10.1. The topological polar surface area (TPSA) is 12.9 Å². The predicted octanol–water partition coefficient (Wildman–Crippen LogP) is 4.59. The van der Waals surface area contributed by atoms with Gasteiger partial charge in [0.1, 0.15) is 0 Å². The molecule has 0 aliphatic heterocycles. The van der Waals surface area contributed by atoms with E-state index in [1.54, 1.807) is 19.2 Å². The summed E-state index contributed by atoms with van der Waals surface area (Å²) < 4.78 is 37.3. The zero-order valence-electron chi connectivity index (χ0n) is 9.97. The van der Waals surface area contributed by atoms with E-state index in [0.29, 0.717) is 10.9 Å². The zero-order chi connectivity index (χ0) is 13.1. The third-order valence-corrected chi connectivity index (χ3v) is 2.29. The summed E-state index contributed by atoms with van der Waals surface area (Å²) in [5.74, 6) is 0. The van der Waals surface area contributed by atoms with Crippen LogP contribution in [0.3, 0.4) is 0 Å². The standard InChI is InChI=1S/C11H8F3N.C2H6/c1-7-4-5-15-10-3-2-8(6-9(7)10)11(12,13)14;1-2/h2-6H,1H3;1-2H3. The first-order chi connectivity index (χ1) is 7.98. The van der Waals surface area contributed by atoms with E-state index in [9.17, 15) is 13.2 Å². The third-order valence-electron chi connectivity index (χ3n) is 2.29. The van der Waals surface area contributed by atoms with Crippen molar-refractivity contribution in [3.8, 4) is 0 Å². The molecular formula is C13H14F3N. The van der Waals surface area contributed by atoms with Crippen LogP contribution in [0.1, 0.15) is 25.0 Å². The van der Waals surface area contributed by atoms with Crippen molar-refractivity contribution in [2.24, 2.45) is 0 Å². The molecule has 4 heteroatoms. The van der Waals surface area contributed by atoms with Crippen molar-refractivity contribution < 1.29 is 13.2 Å². The number of nitrogens with zero attached hydrogens (tertiary/aromatic N) is 1. The Balaban J connectivity index is 0.000000686. The minimum absolute atomic E-state index is 0.548. The molecule has 1 heterocycles. The molecule has 1 aromatic carbocycles. The molecular weight excluding hydrogens is 227 g/mol. The van der Waals surface area contributed by atoms with Crippen molar-refractivity contribution in [2.75, 3.05) is 0 Å². The lowest BCUT2D eigenvalue weighted by molar-refractivity contribution is -0.137. The largest absolute Gasteiger partial charge is 0.416 e. The van der Waals surface area contributed by atoms with Crippen molar-refractivity contribution in [2.45, 2.75) is 26.9 Å². The first-order valence-corrected chi connectivity index (χ1v) is 5.41. The Morgan fingerprint density at radius 2 is 1.71 bits per heavy atom. The summed E-state index contributed by atoms with van der Waals surface area (Å²) in [5.41, 5.74) is 0.750. The van der Waals surface area contributed by atoms with Gasteiger partial charge in [-0.2, -0.15) is 13.2 Å².